The molecule has 2 aromatic carbocycles. The molecule has 2 heterocycles. The lowest BCUT2D eigenvalue weighted by Gasteiger charge is -2.17. The van der Waals surface area contributed by atoms with Crippen molar-refractivity contribution in [1.82, 2.24) is 14.8 Å². The number of hydrogen-bond acceptors (Lipinski definition) is 3. The number of rotatable bonds is 5. The Morgan fingerprint density at radius 1 is 1.00 bits per heavy atom. The molecule has 5 rings (SSSR count). The summed E-state index contributed by atoms with van der Waals surface area (Å²) in [5.74, 6) is 0.603. The largest absolute Gasteiger partial charge is 0.453 e. The molecule has 1 aliphatic rings. The third kappa shape index (κ3) is 3.29. The van der Waals surface area contributed by atoms with E-state index in [4.69, 9.17) is 4.74 Å². The Morgan fingerprint density at radius 3 is 2.28 bits per heavy atom. The van der Waals surface area contributed by atoms with Gasteiger partial charge in [-0.3, -0.25) is 0 Å². The third-order valence-electron chi connectivity index (χ3n) is 5.53. The minimum absolute atomic E-state index is 0.0910. The molecule has 2 aromatic heterocycles. The van der Waals surface area contributed by atoms with Gasteiger partial charge in [0.05, 0.1) is 6.20 Å². The molecule has 0 bridgehead atoms. The van der Waals surface area contributed by atoms with Gasteiger partial charge in [0.2, 0.25) is 0 Å². The van der Waals surface area contributed by atoms with E-state index in [9.17, 15) is 4.39 Å². The van der Waals surface area contributed by atoms with Gasteiger partial charge in [0.25, 0.3) is 0 Å². The quantitative estimate of drug-likeness (QED) is 0.450. The van der Waals surface area contributed by atoms with Crippen molar-refractivity contribution in [1.29, 1.82) is 0 Å². The Morgan fingerprint density at radius 2 is 1.69 bits per heavy atom. The zero-order valence-corrected chi connectivity index (χ0v) is 16.0. The fourth-order valence-corrected chi connectivity index (χ4v) is 3.72. The minimum atomic E-state index is -0.479. The Balaban J connectivity index is 1.35. The smallest absolute Gasteiger partial charge is 0.181 e. The van der Waals surface area contributed by atoms with Crippen molar-refractivity contribution < 1.29 is 9.13 Å². The molecule has 0 atom stereocenters. The molecule has 5 heteroatoms. The summed E-state index contributed by atoms with van der Waals surface area (Å²) < 4.78 is 21.7. The zero-order valence-electron chi connectivity index (χ0n) is 16.0. The van der Waals surface area contributed by atoms with Crippen molar-refractivity contribution in [3.63, 3.8) is 0 Å². The van der Waals surface area contributed by atoms with Gasteiger partial charge in [-0.15, -0.1) is 0 Å². The Labute approximate surface area is 168 Å². The van der Waals surface area contributed by atoms with Crippen molar-refractivity contribution in [2.45, 2.75) is 25.2 Å². The zero-order chi connectivity index (χ0) is 19.8. The number of ether oxygens (including phenoxy) is 1. The predicted molar refractivity (Wildman–Crippen MR) is 109 cm³/mol. The number of aromatic nitrogens is 3. The molecule has 29 heavy (non-hydrogen) atoms. The Hall–Kier alpha value is -3.47. The molecule has 0 spiro atoms. The second-order valence-electron chi connectivity index (χ2n) is 7.50. The third-order valence-corrected chi connectivity index (χ3v) is 5.53. The maximum Gasteiger partial charge on any atom is 0.181 e. The normalized spacial score (nSPS) is 14.6. The molecule has 1 saturated carbocycles. The summed E-state index contributed by atoms with van der Waals surface area (Å²) in [5, 5.41) is 4.06. The highest BCUT2D eigenvalue weighted by Gasteiger charge is 2.45. The molecular weight excluding hydrogens is 365 g/mol. The lowest BCUT2D eigenvalue weighted by atomic mass is 9.88. The summed E-state index contributed by atoms with van der Waals surface area (Å²) in [6.07, 6.45) is 7.00. The van der Waals surface area contributed by atoms with E-state index in [1.165, 1.54) is 33.6 Å². The van der Waals surface area contributed by atoms with Crippen LogP contribution in [0.3, 0.4) is 0 Å². The Kier molecular flexibility index (Phi) is 4.16. The molecule has 0 saturated heterocycles. The molecule has 0 aliphatic heterocycles. The van der Waals surface area contributed by atoms with E-state index in [1.807, 2.05) is 12.1 Å². The van der Waals surface area contributed by atoms with Crippen LogP contribution in [0.1, 0.15) is 29.5 Å². The van der Waals surface area contributed by atoms with Crippen LogP contribution in [-0.4, -0.2) is 14.8 Å². The molecule has 0 radical (unpaired) electrons. The standard InChI is InChI=1S/C24H20FN3O/c1-17-3-5-18(6-4-17)24(11-12-24)19-7-9-20(10-8-19)29-22-16-26-23(15-21(22)25)28-14-2-13-27-28/h2-10,13-16H,11-12H2,1H3. The fraction of sp³-hybridized carbons (Fsp3) is 0.167. The van der Waals surface area contributed by atoms with E-state index >= 15 is 0 Å². The predicted octanol–water partition coefficient (Wildman–Crippen LogP) is 5.59. The molecule has 4 nitrogen and oxygen atoms in total. The summed E-state index contributed by atoms with van der Waals surface area (Å²) in [6.45, 7) is 2.10. The lowest BCUT2D eigenvalue weighted by Crippen LogP contribution is -2.08. The van der Waals surface area contributed by atoms with E-state index in [1.54, 1.807) is 18.5 Å². The molecule has 0 unspecified atom stereocenters. The van der Waals surface area contributed by atoms with Gasteiger partial charge in [0, 0.05) is 23.9 Å². The minimum Gasteiger partial charge on any atom is -0.453 e. The highest BCUT2D eigenvalue weighted by Crippen LogP contribution is 2.53. The molecule has 0 amide bonds. The first-order chi connectivity index (χ1) is 14.1. The van der Waals surface area contributed by atoms with Gasteiger partial charge in [-0.25, -0.2) is 14.1 Å². The van der Waals surface area contributed by atoms with E-state index in [-0.39, 0.29) is 11.2 Å². The van der Waals surface area contributed by atoms with Gasteiger partial charge in [-0.2, -0.15) is 5.10 Å². The van der Waals surface area contributed by atoms with Crippen molar-refractivity contribution in [3.8, 4) is 17.3 Å². The van der Waals surface area contributed by atoms with Crippen LogP contribution in [-0.2, 0) is 5.41 Å². The average molecular weight is 385 g/mol. The van der Waals surface area contributed by atoms with Gasteiger partial charge in [-0.1, -0.05) is 42.0 Å². The van der Waals surface area contributed by atoms with Gasteiger partial charge < -0.3 is 4.74 Å². The van der Waals surface area contributed by atoms with Crippen molar-refractivity contribution in [2.75, 3.05) is 0 Å². The van der Waals surface area contributed by atoms with Crippen LogP contribution in [0.2, 0.25) is 0 Å². The first-order valence-electron chi connectivity index (χ1n) is 9.65. The molecule has 1 aliphatic carbocycles. The summed E-state index contributed by atoms with van der Waals surface area (Å²) in [7, 11) is 0. The van der Waals surface area contributed by atoms with Crippen LogP contribution in [0.25, 0.3) is 5.82 Å². The second kappa shape index (κ2) is 6.85. The van der Waals surface area contributed by atoms with E-state index < -0.39 is 5.82 Å². The number of nitrogens with zero attached hydrogens (tertiary/aromatic N) is 3. The molecule has 0 N–H and O–H groups in total. The second-order valence-corrected chi connectivity index (χ2v) is 7.50. The topological polar surface area (TPSA) is 39.9 Å². The van der Waals surface area contributed by atoms with Gasteiger partial charge in [0.1, 0.15) is 5.75 Å². The average Bonchev–Trinajstić information content (AvgIpc) is 3.36. The highest BCUT2D eigenvalue weighted by molar-refractivity contribution is 5.47. The summed E-state index contributed by atoms with van der Waals surface area (Å²) >= 11 is 0. The van der Waals surface area contributed by atoms with Gasteiger partial charge in [0.15, 0.2) is 17.4 Å². The lowest BCUT2D eigenvalue weighted by molar-refractivity contribution is 0.438. The van der Waals surface area contributed by atoms with Gasteiger partial charge >= 0.3 is 0 Å². The molecule has 144 valence electrons. The summed E-state index contributed by atoms with van der Waals surface area (Å²) in [5.41, 5.74) is 3.98. The molecule has 1 fully saturated rings. The van der Waals surface area contributed by atoms with Crippen LogP contribution in [0, 0.1) is 12.7 Å². The monoisotopic (exact) mass is 385 g/mol. The fourth-order valence-electron chi connectivity index (χ4n) is 3.72. The van der Waals surface area contributed by atoms with Crippen LogP contribution >= 0.6 is 0 Å². The van der Waals surface area contributed by atoms with Gasteiger partial charge in [-0.05, 0) is 49.1 Å². The van der Waals surface area contributed by atoms with E-state index in [0.717, 1.165) is 12.8 Å². The van der Waals surface area contributed by atoms with Crippen LogP contribution < -0.4 is 4.74 Å². The molecular formula is C24H20FN3O. The summed E-state index contributed by atoms with van der Waals surface area (Å²) in [4.78, 5) is 4.23. The highest BCUT2D eigenvalue weighted by atomic mass is 19.1. The summed E-state index contributed by atoms with van der Waals surface area (Å²) in [6, 6.07) is 19.8. The van der Waals surface area contributed by atoms with Crippen molar-refractivity contribution >= 4 is 0 Å². The first-order valence-corrected chi connectivity index (χ1v) is 9.65. The maximum absolute atomic E-state index is 14.5. The van der Waals surface area contributed by atoms with Crippen LogP contribution in [0.4, 0.5) is 4.39 Å². The Bertz CT molecular complexity index is 1130. The van der Waals surface area contributed by atoms with E-state index in [2.05, 4.69) is 53.4 Å². The van der Waals surface area contributed by atoms with Crippen molar-refractivity contribution in [3.05, 3.63) is 102 Å². The van der Waals surface area contributed by atoms with Crippen LogP contribution in [0.5, 0.6) is 11.5 Å². The number of hydrogen-bond donors (Lipinski definition) is 0. The van der Waals surface area contributed by atoms with E-state index in [0.29, 0.717) is 11.6 Å². The maximum atomic E-state index is 14.5. The first kappa shape index (κ1) is 17.6. The molecule has 4 aromatic rings. The SMILES string of the molecule is Cc1ccc(C2(c3ccc(Oc4cnc(-n5cccn5)cc4F)cc3)CC2)cc1. The van der Waals surface area contributed by atoms with Crippen LogP contribution in [0.15, 0.2) is 79.3 Å². The number of aryl methyl sites for hydroxylation is 1. The number of benzene rings is 2. The number of halogens is 1. The number of pyridine rings is 1. The van der Waals surface area contributed by atoms with Crippen molar-refractivity contribution in [2.24, 2.45) is 0 Å².